The third-order valence-electron chi connectivity index (χ3n) is 2.48. The smallest absolute Gasteiger partial charge is 0.219 e. The summed E-state index contributed by atoms with van der Waals surface area (Å²) in [5, 5.41) is 8.35. The zero-order valence-electron chi connectivity index (χ0n) is 6.92. The van der Waals surface area contributed by atoms with Crippen LogP contribution in [0.3, 0.4) is 0 Å². The van der Waals surface area contributed by atoms with Gasteiger partial charge in [-0.05, 0) is 25.5 Å². The second-order valence-electron chi connectivity index (χ2n) is 3.35. The quantitative estimate of drug-likeness (QED) is 0.724. The second kappa shape index (κ2) is 3.39. The van der Waals surface area contributed by atoms with E-state index in [1.54, 1.807) is 0 Å². The molecular weight excluding hydrogens is 170 g/mol. The van der Waals surface area contributed by atoms with Crippen molar-refractivity contribution in [2.75, 3.05) is 0 Å². The van der Waals surface area contributed by atoms with E-state index < -0.39 is 0 Å². The highest BCUT2D eigenvalue weighted by atomic mass is 32.1. The summed E-state index contributed by atoms with van der Waals surface area (Å²) in [6.07, 6.45) is 6.48. The Kier molecular flexibility index (Phi) is 2.26. The highest BCUT2D eigenvalue weighted by Gasteiger charge is 2.18. The SMILES string of the molecule is [S]c1nnc(C2CCCCC2)[nH]1. The van der Waals surface area contributed by atoms with Crippen molar-refractivity contribution in [2.24, 2.45) is 0 Å². The van der Waals surface area contributed by atoms with Crippen LogP contribution in [-0.4, -0.2) is 15.2 Å². The van der Waals surface area contributed by atoms with Crippen molar-refractivity contribution >= 4 is 12.6 Å². The van der Waals surface area contributed by atoms with Crippen LogP contribution in [0.5, 0.6) is 0 Å². The molecule has 2 rings (SSSR count). The summed E-state index contributed by atoms with van der Waals surface area (Å²) in [5.74, 6) is 1.59. The van der Waals surface area contributed by atoms with Gasteiger partial charge in [0, 0.05) is 5.92 Å². The zero-order valence-corrected chi connectivity index (χ0v) is 7.73. The van der Waals surface area contributed by atoms with Gasteiger partial charge in [-0.1, -0.05) is 19.3 Å². The van der Waals surface area contributed by atoms with Crippen LogP contribution in [0.4, 0.5) is 0 Å². The van der Waals surface area contributed by atoms with Gasteiger partial charge in [-0.15, -0.1) is 10.2 Å². The van der Waals surface area contributed by atoms with Crippen LogP contribution in [0.15, 0.2) is 5.16 Å². The van der Waals surface area contributed by atoms with Crippen molar-refractivity contribution in [2.45, 2.75) is 43.2 Å². The maximum absolute atomic E-state index is 4.87. The van der Waals surface area contributed by atoms with E-state index >= 15 is 0 Å². The van der Waals surface area contributed by atoms with E-state index in [0.717, 1.165) is 5.82 Å². The summed E-state index contributed by atoms with van der Waals surface area (Å²) in [5.41, 5.74) is 0. The molecule has 0 aromatic carbocycles. The lowest BCUT2D eigenvalue weighted by atomic mass is 9.89. The molecule has 1 aliphatic carbocycles. The Balaban J connectivity index is 2.08. The number of nitrogens with one attached hydrogen (secondary N) is 1. The standard InChI is InChI=1S/C8H12N3S/c12-8-9-7(10-11-8)6-4-2-1-3-5-6/h6H,1-5H2,(H,9,10,11). The number of aromatic nitrogens is 3. The highest BCUT2D eigenvalue weighted by Crippen LogP contribution is 2.30. The maximum atomic E-state index is 4.87. The average Bonchev–Trinajstić information content (AvgIpc) is 2.54. The van der Waals surface area contributed by atoms with Crippen LogP contribution in [0, 0.1) is 0 Å². The lowest BCUT2D eigenvalue weighted by Gasteiger charge is -2.18. The van der Waals surface area contributed by atoms with Crippen molar-refractivity contribution < 1.29 is 0 Å². The highest BCUT2D eigenvalue weighted by molar-refractivity contribution is 7.80. The van der Waals surface area contributed by atoms with E-state index in [1.165, 1.54) is 32.1 Å². The molecule has 1 fully saturated rings. The number of hydrogen-bond acceptors (Lipinski definition) is 2. The number of rotatable bonds is 1. The lowest BCUT2D eigenvalue weighted by Crippen LogP contribution is -2.06. The van der Waals surface area contributed by atoms with E-state index in [0.29, 0.717) is 11.1 Å². The second-order valence-corrected chi connectivity index (χ2v) is 3.74. The number of hydrogen-bond donors (Lipinski definition) is 1. The van der Waals surface area contributed by atoms with E-state index in [4.69, 9.17) is 12.6 Å². The summed E-state index contributed by atoms with van der Waals surface area (Å²) in [6.45, 7) is 0. The van der Waals surface area contributed by atoms with Crippen molar-refractivity contribution in [1.29, 1.82) is 0 Å². The van der Waals surface area contributed by atoms with Gasteiger partial charge in [0.25, 0.3) is 0 Å². The van der Waals surface area contributed by atoms with E-state index in [2.05, 4.69) is 15.2 Å². The Morgan fingerprint density at radius 3 is 2.50 bits per heavy atom. The predicted molar refractivity (Wildman–Crippen MR) is 48.1 cm³/mol. The molecular formula is C8H12N3S. The van der Waals surface area contributed by atoms with Crippen molar-refractivity contribution in [3.05, 3.63) is 5.82 Å². The van der Waals surface area contributed by atoms with E-state index in [9.17, 15) is 0 Å². The summed E-state index contributed by atoms with van der Waals surface area (Å²) in [4.78, 5) is 3.04. The number of H-pyrrole nitrogens is 1. The first-order valence-electron chi connectivity index (χ1n) is 4.46. The van der Waals surface area contributed by atoms with Crippen LogP contribution >= 0.6 is 12.6 Å². The maximum Gasteiger partial charge on any atom is 0.219 e. The molecule has 1 aromatic heterocycles. The summed E-state index contributed by atoms with van der Waals surface area (Å²) in [6, 6.07) is 0. The minimum atomic E-state index is 0.524. The molecule has 1 heterocycles. The third kappa shape index (κ3) is 1.58. The first-order valence-corrected chi connectivity index (χ1v) is 4.86. The summed E-state index contributed by atoms with van der Waals surface area (Å²) >= 11 is 4.87. The Morgan fingerprint density at radius 2 is 1.92 bits per heavy atom. The van der Waals surface area contributed by atoms with Gasteiger partial charge in [0.2, 0.25) is 5.16 Å². The molecule has 0 unspecified atom stereocenters. The topological polar surface area (TPSA) is 41.6 Å². The number of nitrogens with zero attached hydrogens (tertiary/aromatic N) is 2. The molecule has 0 aliphatic heterocycles. The van der Waals surface area contributed by atoms with Crippen LogP contribution in [0.2, 0.25) is 0 Å². The molecule has 0 spiro atoms. The molecule has 1 aliphatic rings. The molecule has 0 bridgehead atoms. The van der Waals surface area contributed by atoms with Gasteiger partial charge in [0.1, 0.15) is 5.82 Å². The lowest BCUT2D eigenvalue weighted by molar-refractivity contribution is 0.429. The van der Waals surface area contributed by atoms with Gasteiger partial charge < -0.3 is 4.98 Å². The molecule has 1 N–H and O–H groups in total. The fraction of sp³-hybridized carbons (Fsp3) is 0.750. The predicted octanol–water partition coefficient (Wildman–Crippen LogP) is 2.41. The van der Waals surface area contributed by atoms with Crippen LogP contribution in [0.1, 0.15) is 43.8 Å². The molecule has 0 atom stereocenters. The van der Waals surface area contributed by atoms with Gasteiger partial charge in [-0.25, -0.2) is 0 Å². The molecule has 0 amide bonds. The monoisotopic (exact) mass is 182 g/mol. The fourth-order valence-corrected chi connectivity index (χ4v) is 1.96. The van der Waals surface area contributed by atoms with Crippen molar-refractivity contribution in [1.82, 2.24) is 15.2 Å². The minimum absolute atomic E-state index is 0.524. The van der Waals surface area contributed by atoms with Crippen molar-refractivity contribution in [3.63, 3.8) is 0 Å². The molecule has 1 saturated carbocycles. The Hall–Kier alpha value is -0.640. The Labute approximate surface area is 77.4 Å². The molecule has 1 radical (unpaired) electrons. The first kappa shape index (κ1) is 7.98. The van der Waals surface area contributed by atoms with E-state index in [1.807, 2.05) is 0 Å². The van der Waals surface area contributed by atoms with Gasteiger partial charge in [-0.3, -0.25) is 0 Å². The zero-order chi connectivity index (χ0) is 8.39. The average molecular weight is 182 g/mol. The van der Waals surface area contributed by atoms with Crippen LogP contribution < -0.4 is 0 Å². The Morgan fingerprint density at radius 1 is 1.17 bits per heavy atom. The largest absolute Gasteiger partial charge is 0.316 e. The van der Waals surface area contributed by atoms with Crippen molar-refractivity contribution in [3.8, 4) is 0 Å². The van der Waals surface area contributed by atoms with Gasteiger partial charge >= 0.3 is 0 Å². The van der Waals surface area contributed by atoms with Gasteiger partial charge in [-0.2, -0.15) is 0 Å². The minimum Gasteiger partial charge on any atom is -0.316 e. The van der Waals surface area contributed by atoms with Gasteiger partial charge in [0.05, 0.1) is 0 Å². The van der Waals surface area contributed by atoms with E-state index in [-0.39, 0.29) is 0 Å². The van der Waals surface area contributed by atoms with Crippen LogP contribution in [-0.2, 0) is 0 Å². The van der Waals surface area contributed by atoms with Gasteiger partial charge in [0.15, 0.2) is 0 Å². The fourth-order valence-electron chi connectivity index (χ4n) is 1.82. The van der Waals surface area contributed by atoms with Crippen LogP contribution in [0.25, 0.3) is 0 Å². The first-order chi connectivity index (χ1) is 5.86. The normalized spacial score (nSPS) is 19.7. The molecule has 1 aromatic rings. The number of aromatic amines is 1. The third-order valence-corrected chi connectivity index (χ3v) is 2.66. The summed E-state index contributed by atoms with van der Waals surface area (Å²) in [7, 11) is 0. The molecule has 0 saturated heterocycles. The molecule has 4 heteroatoms. The molecule has 12 heavy (non-hydrogen) atoms. The molecule has 3 nitrogen and oxygen atoms in total. The molecule has 65 valence electrons. The summed E-state index contributed by atoms with van der Waals surface area (Å²) < 4.78 is 0. The Bertz CT molecular complexity index is 253.